The molecule has 1 aliphatic heterocycles. The normalized spacial score (nSPS) is 17.5. The van der Waals surface area contributed by atoms with E-state index in [0.717, 1.165) is 5.56 Å². The molecule has 1 amide bonds. The summed E-state index contributed by atoms with van der Waals surface area (Å²) in [5.74, 6) is -1.31. The Morgan fingerprint density at radius 3 is 2.33 bits per heavy atom. The molecule has 0 aliphatic carbocycles. The number of rotatable bonds is 5. The van der Waals surface area contributed by atoms with Crippen molar-refractivity contribution in [3.63, 3.8) is 0 Å². The summed E-state index contributed by atoms with van der Waals surface area (Å²) >= 11 is 6.19. The van der Waals surface area contributed by atoms with E-state index in [1.54, 1.807) is 54.6 Å². The fourth-order valence-electron chi connectivity index (χ4n) is 4.40. The molecule has 1 saturated heterocycles. The highest BCUT2D eigenvalue weighted by molar-refractivity contribution is 6.51. The summed E-state index contributed by atoms with van der Waals surface area (Å²) in [6.45, 7) is 8.47. The van der Waals surface area contributed by atoms with Crippen molar-refractivity contribution in [2.75, 3.05) is 11.5 Å². The number of para-hydroxylation sites is 1. The second-order valence-electron chi connectivity index (χ2n) is 9.61. The van der Waals surface area contributed by atoms with Gasteiger partial charge in [0.1, 0.15) is 17.3 Å². The van der Waals surface area contributed by atoms with Crippen LogP contribution < -0.4 is 9.64 Å². The molecule has 1 unspecified atom stereocenters. The number of amides is 1. The fourth-order valence-corrected chi connectivity index (χ4v) is 4.59. The first-order chi connectivity index (χ1) is 17.0. The van der Waals surface area contributed by atoms with Crippen molar-refractivity contribution < 1.29 is 24.5 Å². The van der Waals surface area contributed by atoms with Crippen molar-refractivity contribution >= 4 is 34.7 Å². The van der Waals surface area contributed by atoms with E-state index in [0.29, 0.717) is 29.2 Å². The van der Waals surface area contributed by atoms with Gasteiger partial charge in [-0.2, -0.15) is 0 Å². The van der Waals surface area contributed by atoms with Crippen LogP contribution in [0.2, 0.25) is 5.02 Å². The summed E-state index contributed by atoms with van der Waals surface area (Å²) in [6, 6.07) is 17.5. The van der Waals surface area contributed by atoms with Crippen molar-refractivity contribution in [3.05, 3.63) is 94.0 Å². The van der Waals surface area contributed by atoms with Gasteiger partial charge in [0, 0.05) is 16.8 Å². The highest BCUT2D eigenvalue weighted by Gasteiger charge is 2.47. The third kappa shape index (κ3) is 4.56. The predicted octanol–water partition coefficient (Wildman–Crippen LogP) is 6.37. The number of nitrogens with zero attached hydrogens (tertiary/aromatic N) is 1. The van der Waals surface area contributed by atoms with Crippen LogP contribution in [-0.2, 0) is 15.0 Å². The quantitative estimate of drug-likeness (QED) is 0.239. The third-order valence-corrected chi connectivity index (χ3v) is 6.43. The number of aliphatic hydroxyl groups is 1. The number of ketones is 1. The number of halogens is 1. The molecular formula is C29H28ClNO5. The second kappa shape index (κ2) is 9.70. The maximum Gasteiger partial charge on any atom is 0.300 e. The smallest absolute Gasteiger partial charge is 0.300 e. The van der Waals surface area contributed by atoms with E-state index in [2.05, 4.69) is 0 Å². The molecule has 4 rings (SSSR count). The molecule has 6 nitrogen and oxygen atoms in total. The summed E-state index contributed by atoms with van der Waals surface area (Å²) in [5, 5.41) is 21.5. The zero-order chi connectivity index (χ0) is 26.2. The number of ether oxygens (including phenoxy) is 1. The molecule has 3 aromatic rings. The number of Topliss-reactive ketones (excluding diaryl/α,β-unsaturated/α-hetero) is 1. The van der Waals surface area contributed by atoms with Gasteiger partial charge in [-0.1, -0.05) is 56.6 Å². The average Bonchev–Trinajstić information content (AvgIpc) is 3.11. The lowest BCUT2D eigenvalue weighted by Crippen LogP contribution is -2.29. The molecule has 0 spiro atoms. The fraction of sp³-hybridized carbons (Fsp3) is 0.241. The number of hydrogen-bond donors (Lipinski definition) is 2. The van der Waals surface area contributed by atoms with Crippen LogP contribution in [0.4, 0.5) is 5.69 Å². The molecule has 186 valence electrons. The molecule has 0 bridgehead atoms. The van der Waals surface area contributed by atoms with Gasteiger partial charge in [-0.25, -0.2) is 0 Å². The molecule has 7 heteroatoms. The van der Waals surface area contributed by atoms with Crippen LogP contribution in [-0.4, -0.2) is 28.5 Å². The number of hydrogen-bond acceptors (Lipinski definition) is 5. The summed E-state index contributed by atoms with van der Waals surface area (Å²) in [7, 11) is 0. The predicted molar refractivity (Wildman–Crippen MR) is 141 cm³/mol. The molecule has 1 atom stereocenters. The van der Waals surface area contributed by atoms with Crippen LogP contribution in [0, 0.1) is 0 Å². The third-order valence-electron chi connectivity index (χ3n) is 6.13. The average molecular weight is 506 g/mol. The molecule has 0 aromatic heterocycles. The number of carbonyl (C=O) groups is 2. The van der Waals surface area contributed by atoms with Crippen molar-refractivity contribution in [1.82, 2.24) is 0 Å². The molecule has 0 radical (unpaired) electrons. The van der Waals surface area contributed by atoms with E-state index < -0.39 is 17.7 Å². The summed E-state index contributed by atoms with van der Waals surface area (Å²) in [5.41, 5.74) is 1.86. The highest BCUT2D eigenvalue weighted by Crippen LogP contribution is 2.44. The zero-order valence-corrected chi connectivity index (χ0v) is 21.3. The Kier molecular flexibility index (Phi) is 6.83. The Balaban J connectivity index is 1.96. The monoisotopic (exact) mass is 505 g/mol. The molecule has 0 saturated carbocycles. The number of aromatic hydroxyl groups is 1. The van der Waals surface area contributed by atoms with Crippen LogP contribution in [0.1, 0.15) is 50.4 Å². The number of phenolic OH excluding ortho intramolecular Hbond substituents is 1. The molecular weight excluding hydrogens is 478 g/mol. The topological polar surface area (TPSA) is 87.1 Å². The largest absolute Gasteiger partial charge is 0.507 e. The SMILES string of the molecule is CCOc1ccc(/C(O)=C2/C(=O)C(=O)N(c3ccccc3)C2c2ccc(O)c(Cl)c2)cc1C(C)(C)C. The van der Waals surface area contributed by atoms with E-state index in [1.807, 2.05) is 27.7 Å². The standard InChI is InChI=1S/C29H28ClNO5/c1-5-36-23-14-12-18(15-20(23)29(2,3)4)26(33)24-25(17-11-13-22(32)21(30)16-17)31(28(35)27(24)34)19-9-7-6-8-10-19/h6-16,25,32-33H,5H2,1-4H3/b26-24-. The minimum atomic E-state index is -0.949. The lowest BCUT2D eigenvalue weighted by atomic mass is 9.84. The summed E-state index contributed by atoms with van der Waals surface area (Å²) < 4.78 is 5.79. The Morgan fingerprint density at radius 1 is 1.03 bits per heavy atom. The number of phenols is 1. The zero-order valence-electron chi connectivity index (χ0n) is 20.6. The molecule has 1 fully saturated rings. The Bertz CT molecular complexity index is 1360. The Morgan fingerprint density at radius 2 is 1.72 bits per heavy atom. The highest BCUT2D eigenvalue weighted by atomic mass is 35.5. The van der Waals surface area contributed by atoms with Gasteiger partial charge in [-0.3, -0.25) is 14.5 Å². The van der Waals surface area contributed by atoms with Crippen LogP contribution >= 0.6 is 11.6 Å². The van der Waals surface area contributed by atoms with E-state index >= 15 is 0 Å². The second-order valence-corrected chi connectivity index (χ2v) is 10.0. The summed E-state index contributed by atoms with van der Waals surface area (Å²) in [4.78, 5) is 28.0. The number of aliphatic hydroxyl groups excluding tert-OH is 1. The van der Waals surface area contributed by atoms with Crippen molar-refractivity contribution in [2.24, 2.45) is 0 Å². The van der Waals surface area contributed by atoms with Gasteiger partial charge in [-0.15, -0.1) is 0 Å². The molecule has 3 aromatic carbocycles. The van der Waals surface area contributed by atoms with Crippen LogP contribution in [0.3, 0.4) is 0 Å². The Hall–Kier alpha value is -3.77. The van der Waals surface area contributed by atoms with E-state index in [1.165, 1.54) is 17.0 Å². The van der Waals surface area contributed by atoms with E-state index in [9.17, 15) is 19.8 Å². The number of anilines is 1. The number of benzene rings is 3. The first-order valence-corrected chi connectivity index (χ1v) is 12.0. The molecule has 2 N–H and O–H groups in total. The summed E-state index contributed by atoms with van der Waals surface area (Å²) in [6.07, 6.45) is 0. The minimum Gasteiger partial charge on any atom is -0.507 e. The van der Waals surface area contributed by atoms with Crippen molar-refractivity contribution in [3.8, 4) is 11.5 Å². The van der Waals surface area contributed by atoms with Gasteiger partial charge in [0.05, 0.1) is 23.2 Å². The van der Waals surface area contributed by atoms with Crippen molar-refractivity contribution in [1.29, 1.82) is 0 Å². The van der Waals surface area contributed by atoms with Crippen LogP contribution in [0.15, 0.2) is 72.3 Å². The maximum atomic E-state index is 13.4. The number of carbonyl (C=O) groups excluding carboxylic acids is 2. The van der Waals surface area contributed by atoms with Gasteiger partial charge >= 0.3 is 0 Å². The Labute approximate surface area is 215 Å². The van der Waals surface area contributed by atoms with Crippen LogP contribution in [0.5, 0.6) is 11.5 Å². The van der Waals surface area contributed by atoms with Gasteiger partial charge in [-0.05, 0) is 60.4 Å². The van der Waals surface area contributed by atoms with Crippen LogP contribution in [0.25, 0.3) is 5.76 Å². The van der Waals surface area contributed by atoms with Gasteiger partial charge < -0.3 is 14.9 Å². The lowest BCUT2D eigenvalue weighted by Gasteiger charge is -2.26. The van der Waals surface area contributed by atoms with E-state index in [4.69, 9.17) is 16.3 Å². The molecule has 1 heterocycles. The van der Waals surface area contributed by atoms with Crippen molar-refractivity contribution in [2.45, 2.75) is 39.2 Å². The first kappa shape index (κ1) is 25.3. The first-order valence-electron chi connectivity index (χ1n) is 11.7. The van der Waals surface area contributed by atoms with Gasteiger partial charge in [0.25, 0.3) is 11.7 Å². The van der Waals surface area contributed by atoms with Gasteiger partial charge in [0.15, 0.2) is 0 Å². The maximum absolute atomic E-state index is 13.4. The minimum absolute atomic E-state index is 0.0605. The van der Waals surface area contributed by atoms with Gasteiger partial charge in [0.2, 0.25) is 0 Å². The lowest BCUT2D eigenvalue weighted by molar-refractivity contribution is -0.132. The van der Waals surface area contributed by atoms with E-state index in [-0.39, 0.29) is 27.5 Å². The molecule has 1 aliphatic rings. The molecule has 36 heavy (non-hydrogen) atoms.